The largest absolute Gasteiger partial charge is 0.480 e. The number of likely N-dealkylation sites (tertiary alicyclic amines) is 1. The van der Waals surface area contributed by atoms with E-state index < -0.39 is 12.0 Å². The van der Waals surface area contributed by atoms with Crippen molar-refractivity contribution in [2.45, 2.75) is 50.7 Å². The molecule has 1 aliphatic carbocycles. The summed E-state index contributed by atoms with van der Waals surface area (Å²) in [5.74, 6) is -0.953. The van der Waals surface area contributed by atoms with Gasteiger partial charge in [-0.1, -0.05) is 6.92 Å². The fourth-order valence-electron chi connectivity index (χ4n) is 2.71. The van der Waals surface area contributed by atoms with Gasteiger partial charge in [0.25, 0.3) is 0 Å². The maximum Gasteiger partial charge on any atom is 0.326 e. The molecule has 2 atom stereocenters. The first kappa shape index (κ1) is 14.1. The number of amides is 2. The van der Waals surface area contributed by atoms with E-state index in [1.54, 1.807) is 14.0 Å². The van der Waals surface area contributed by atoms with Crippen molar-refractivity contribution in [2.75, 3.05) is 20.1 Å². The van der Waals surface area contributed by atoms with Crippen LogP contribution in [0.25, 0.3) is 0 Å². The molecule has 0 aromatic heterocycles. The van der Waals surface area contributed by atoms with Crippen molar-refractivity contribution in [3.8, 4) is 0 Å². The molecule has 2 aliphatic rings. The number of hydrogen-bond acceptors (Lipinski definition) is 3. The SMILES string of the molecule is CCC(C(=O)O)N(C)C(=O)NC1CCN(C2CC2)C1. The normalized spacial score (nSPS) is 25.1. The molecule has 6 heteroatoms. The minimum Gasteiger partial charge on any atom is -0.480 e. The van der Waals surface area contributed by atoms with Gasteiger partial charge in [0.2, 0.25) is 0 Å². The third-order valence-electron chi connectivity index (χ3n) is 4.07. The molecule has 2 fully saturated rings. The van der Waals surface area contributed by atoms with E-state index in [0.717, 1.165) is 25.6 Å². The number of carbonyl (C=O) groups is 2. The van der Waals surface area contributed by atoms with Crippen molar-refractivity contribution in [3.63, 3.8) is 0 Å². The van der Waals surface area contributed by atoms with Crippen molar-refractivity contribution in [2.24, 2.45) is 0 Å². The molecule has 108 valence electrons. The molecule has 0 aromatic carbocycles. The molecule has 0 spiro atoms. The third kappa shape index (κ3) is 3.37. The van der Waals surface area contributed by atoms with Gasteiger partial charge in [-0.15, -0.1) is 0 Å². The van der Waals surface area contributed by atoms with Crippen LogP contribution in [0, 0.1) is 0 Å². The Hall–Kier alpha value is -1.30. The number of nitrogens with zero attached hydrogens (tertiary/aromatic N) is 2. The Kier molecular flexibility index (Phi) is 4.29. The van der Waals surface area contributed by atoms with Crippen LogP contribution in [0.5, 0.6) is 0 Å². The molecular formula is C13H23N3O3. The molecule has 0 bridgehead atoms. The summed E-state index contributed by atoms with van der Waals surface area (Å²) in [7, 11) is 1.55. The standard InChI is InChI=1S/C13H23N3O3/c1-3-11(12(17)18)15(2)13(19)14-9-6-7-16(8-9)10-4-5-10/h9-11H,3-8H2,1-2H3,(H,14,19)(H,17,18). The number of aliphatic carboxylic acids is 1. The van der Waals surface area contributed by atoms with Crippen LogP contribution >= 0.6 is 0 Å². The summed E-state index contributed by atoms with van der Waals surface area (Å²) < 4.78 is 0. The summed E-state index contributed by atoms with van der Waals surface area (Å²) in [6, 6.07) is -0.151. The van der Waals surface area contributed by atoms with Crippen molar-refractivity contribution in [3.05, 3.63) is 0 Å². The fourth-order valence-corrected chi connectivity index (χ4v) is 2.71. The van der Waals surface area contributed by atoms with Gasteiger partial charge in [-0.3, -0.25) is 4.90 Å². The van der Waals surface area contributed by atoms with Gasteiger partial charge in [-0.05, 0) is 25.7 Å². The fraction of sp³-hybridized carbons (Fsp3) is 0.846. The van der Waals surface area contributed by atoms with Crippen LogP contribution in [0.3, 0.4) is 0 Å². The highest BCUT2D eigenvalue weighted by atomic mass is 16.4. The quantitative estimate of drug-likeness (QED) is 0.771. The number of urea groups is 1. The van der Waals surface area contributed by atoms with Gasteiger partial charge in [0.05, 0.1) is 0 Å². The predicted octanol–water partition coefficient (Wildman–Crippen LogP) is 0.728. The molecule has 1 saturated carbocycles. The summed E-state index contributed by atoms with van der Waals surface area (Å²) >= 11 is 0. The predicted molar refractivity (Wildman–Crippen MR) is 71.0 cm³/mol. The first-order valence-corrected chi connectivity index (χ1v) is 7.03. The Labute approximate surface area is 113 Å². The highest BCUT2D eigenvalue weighted by Gasteiger charge is 2.35. The van der Waals surface area contributed by atoms with Crippen molar-refractivity contribution < 1.29 is 14.7 Å². The van der Waals surface area contributed by atoms with E-state index >= 15 is 0 Å². The Balaban J connectivity index is 1.81. The average molecular weight is 269 g/mol. The van der Waals surface area contributed by atoms with Gasteiger partial charge in [0, 0.05) is 32.2 Å². The van der Waals surface area contributed by atoms with Gasteiger partial charge in [0.1, 0.15) is 6.04 Å². The second-order valence-electron chi connectivity index (χ2n) is 5.53. The average Bonchev–Trinajstić information content (AvgIpc) is 3.11. The molecule has 2 rings (SSSR count). The van der Waals surface area contributed by atoms with Crippen LogP contribution in [0.1, 0.15) is 32.6 Å². The zero-order valence-electron chi connectivity index (χ0n) is 11.6. The Morgan fingerprint density at radius 1 is 1.42 bits per heavy atom. The molecule has 1 saturated heterocycles. The van der Waals surface area contributed by atoms with Crippen LogP contribution in [-0.4, -0.2) is 65.2 Å². The molecule has 1 heterocycles. The number of hydrogen-bond donors (Lipinski definition) is 2. The van der Waals surface area contributed by atoms with E-state index in [0.29, 0.717) is 6.42 Å². The topological polar surface area (TPSA) is 72.9 Å². The van der Waals surface area contributed by atoms with Crippen LogP contribution in [0.4, 0.5) is 4.79 Å². The second kappa shape index (κ2) is 5.77. The maximum atomic E-state index is 12.0. The summed E-state index contributed by atoms with van der Waals surface area (Å²) in [6.07, 6.45) is 3.92. The number of nitrogens with one attached hydrogen (secondary N) is 1. The molecule has 2 amide bonds. The molecule has 0 aromatic rings. The zero-order valence-corrected chi connectivity index (χ0v) is 11.6. The number of carbonyl (C=O) groups excluding carboxylic acids is 1. The van der Waals surface area contributed by atoms with Crippen LogP contribution in [-0.2, 0) is 4.79 Å². The lowest BCUT2D eigenvalue weighted by Gasteiger charge is -2.26. The van der Waals surface area contributed by atoms with Crippen molar-refractivity contribution >= 4 is 12.0 Å². The Morgan fingerprint density at radius 2 is 2.11 bits per heavy atom. The number of rotatable bonds is 5. The van der Waals surface area contributed by atoms with E-state index in [1.165, 1.54) is 17.7 Å². The molecule has 0 radical (unpaired) electrons. The summed E-state index contributed by atoms with van der Waals surface area (Å²) in [5.41, 5.74) is 0. The summed E-state index contributed by atoms with van der Waals surface area (Å²) in [4.78, 5) is 26.8. The highest BCUT2D eigenvalue weighted by molar-refractivity contribution is 5.82. The smallest absolute Gasteiger partial charge is 0.326 e. The lowest BCUT2D eigenvalue weighted by atomic mass is 10.2. The van der Waals surface area contributed by atoms with Crippen molar-refractivity contribution in [1.29, 1.82) is 0 Å². The zero-order chi connectivity index (χ0) is 14.0. The molecule has 2 N–H and O–H groups in total. The minimum atomic E-state index is -0.953. The van der Waals surface area contributed by atoms with Crippen LogP contribution < -0.4 is 5.32 Å². The minimum absolute atomic E-state index is 0.154. The van der Waals surface area contributed by atoms with Crippen LogP contribution in [0.15, 0.2) is 0 Å². The van der Waals surface area contributed by atoms with E-state index in [-0.39, 0.29) is 12.1 Å². The lowest BCUT2D eigenvalue weighted by Crippen LogP contribution is -2.50. The van der Waals surface area contributed by atoms with E-state index in [9.17, 15) is 9.59 Å². The maximum absolute atomic E-state index is 12.0. The molecule has 1 aliphatic heterocycles. The Morgan fingerprint density at radius 3 is 2.63 bits per heavy atom. The third-order valence-corrected chi connectivity index (χ3v) is 4.07. The van der Waals surface area contributed by atoms with E-state index in [1.807, 2.05) is 0 Å². The monoisotopic (exact) mass is 269 g/mol. The number of carboxylic acid groups (broad SMARTS) is 1. The molecule has 19 heavy (non-hydrogen) atoms. The van der Waals surface area contributed by atoms with Gasteiger partial charge in [-0.2, -0.15) is 0 Å². The van der Waals surface area contributed by atoms with Gasteiger partial charge in [0.15, 0.2) is 0 Å². The van der Waals surface area contributed by atoms with Crippen molar-refractivity contribution in [1.82, 2.24) is 15.1 Å². The summed E-state index contributed by atoms with van der Waals surface area (Å²) in [6.45, 7) is 3.70. The van der Waals surface area contributed by atoms with Gasteiger partial charge < -0.3 is 15.3 Å². The summed E-state index contributed by atoms with van der Waals surface area (Å²) in [5, 5.41) is 12.0. The number of carboxylic acids is 1. The van der Waals surface area contributed by atoms with E-state index in [2.05, 4.69) is 10.2 Å². The Bertz CT molecular complexity index is 357. The number of likely N-dealkylation sites (N-methyl/N-ethyl adjacent to an activating group) is 1. The van der Waals surface area contributed by atoms with Crippen LogP contribution in [0.2, 0.25) is 0 Å². The van der Waals surface area contributed by atoms with Gasteiger partial charge >= 0.3 is 12.0 Å². The first-order chi connectivity index (χ1) is 9.02. The van der Waals surface area contributed by atoms with E-state index in [4.69, 9.17) is 5.11 Å². The lowest BCUT2D eigenvalue weighted by molar-refractivity contribution is -0.141. The molecule has 6 nitrogen and oxygen atoms in total. The molecule has 2 unspecified atom stereocenters. The highest BCUT2D eigenvalue weighted by Crippen LogP contribution is 2.29. The first-order valence-electron chi connectivity index (χ1n) is 7.03. The van der Waals surface area contributed by atoms with Gasteiger partial charge in [-0.25, -0.2) is 9.59 Å². The molecular weight excluding hydrogens is 246 g/mol. The second-order valence-corrected chi connectivity index (χ2v) is 5.53.